The number of rotatable bonds is 27. The molecule has 0 fully saturated rings. The van der Waals surface area contributed by atoms with Gasteiger partial charge in [-0.2, -0.15) is 0 Å². The van der Waals surface area contributed by atoms with Crippen molar-refractivity contribution < 1.29 is 76.9 Å². The zero-order valence-corrected chi connectivity index (χ0v) is 39.1. The Morgan fingerprint density at radius 2 is 0.897 bits per heavy atom. The van der Waals surface area contributed by atoms with Crippen molar-refractivity contribution >= 4 is 35.7 Å². The van der Waals surface area contributed by atoms with Crippen LogP contribution in [0.3, 0.4) is 0 Å². The van der Waals surface area contributed by atoms with Gasteiger partial charge in [-0.3, -0.25) is 19.2 Å². The summed E-state index contributed by atoms with van der Waals surface area (Å²) in [5.74, 6) is -4.85. The highest BCUT2D eigenvalue weighted by molar-refractivity contribution is 5.99. The molecule has 0 aliphatic heterocycles. The zero-order valence-electron chi connectivity index (χ0n) is 39.1. The maximum atomic E-state index is 13.7. The van der Waals surface area contributed by atoms with E-state index in [1.807, 2.05) is 60.7 Å². The molecule has 18 heteroatoms. The Labute approximate surface area is 395 Å². The SMILES string of the molecule is CC(C)(C)OC(=O)CC(NC(=O)c1cc(OCCOCCOCCOc2cc(OCc3ccccc3)cc(C(=O)NC(CC(=O)O)C(=O)O)c2)cc(OCc2ccccc2)c1)C(=O)OC(C)(C)C. The number of carboxylic acids is 2. The highest BCUT2D eigenvalue weighted by Gasteiger charge is 2.31. The van der Waals surface area contributed by atoms with Crippen LogP contribution >= 0.6 is 0 Å². The molecule has 4 aromatic carbocycles. The van der Waals surface area contributed by atoms with Crippen molar-refractivity contribution in [3.8, 4) is 23.0 Å². The Balaban J connectivity index is 1.31. The number of carbonyl (C=O) groups excluding carboxylic acids is 4. The van der Waals surface area contributed by atoms with Crippen molar-refractivity contribution in [3.63, 3.8) is 0 Å². The average Bonchev–Trinajstić information content (AvgIpc) is 3.27. The molecular formula is C50H60N2O16. The van der Waals surface area contributed by atoms with Gasteiger partial charge in [0.1, 0.15) is 72.7 Å². The minimum Gasteiger partial charge on any atom is -0.491 e. The van der Waals surface area contributed by atoms with E-state index < -0.39 is 71.8 Å². The molecule has 4 rings (SSSR count). The number of hydrogen-bond acceptors (Lipinski definition) is 14. The smallest absolute Gasteiger partial charge is 0.329 e. The summed E-state index contributed by atoms with van der Waals surface area (Å²) in [5, 5.41) is 23.4. The molecule has 0 saturated carbocycles. The fraction of sp³-hybridized carbons (Fsp3) is 0.400. The summed E-state index contributed by atoms with van der Waals surface area (Å²) in [6, 6.07) is 24.6. The second-order valence-corrected chi connectivity index (χ2v) is 17.2. The van der Waals surface area contributed by atoms with Gasteiger partial charge in [0.15, 0.2) is 0 Å². The number of ether oxygens (including phenoxy) is 8. The molecule has 0 aliphatic rings. The quantitative estimate of drug-likeness (QED) is 0.0386. The first-order valence-corrected chi connectivity index (χ1v) is 21.8. The first-order chi connectivity index (χ1) is 32.2. The summed E-state index contributed by atoms with van der Waals surface area (Å²) in [6.07, 6.45) is -1.28. The Hall–Kier alpha value is -7.18. The minimum atomic E-state index is -1.66. The lowest BCUT2D eigenvalue weighted by Gasteiger charge is -2.26. The summed E-state index contributed by atoms with van der Waals surface area (Å²) in [4.78, 5) is 75.4. The molecule has 0 aliphatic carbocycles. The molecule has 0 saturated heterocycles. The van der Waals surface area contributed by atoms with Crippen molar-refractivity contribution in [2.45, 2.75) is 90.9 Å². The monoisotopic (exact) mass is 944 g/mol. The Morgan fingerprint density at radius 1 is 0.500 bits per heavy atom. The van der Waals surface area contributed by atoms with Gasteiger partial charge < -0.3 is 58.7 Å². The minimum absolute atomic E-state index is 0.00760. The van der Waals surface area contributed by atoms with E-state index in [9.17, 15) is 33.9 Å². The van der Waals surface area contributed by atoms with E-state index in [1.54, 1.807) is 53.7 Å². The van der Waals surface area contributed by atoms with Crippen LogP contribution < -0.4 is 29.6 Å². The van der Waals surface area contributed by atoms with Gasteiger partial charge in [0.2, 0.25) is 0 Å². The summed E-state index contributed by atoms with van der Waals surface area (Å²) in [5.41, 5.74) is 0.111. The summed E-state index contributed by atoms with van der Waals surface area (Å²) >= 11 is 0. The number of esters is 2. The normalized spacial score (nSPS) is 12.1. The topological polar surface area (TPSA) is 241 Å². The number of aliphatic carboxylic acids is 2. The molecule has 68 heavy (non-hydrogen) atoms. The number of carbonyl (C=O) groups is 6. The van der Waals surface area contributed by atoms with Crippen LogP contribution in [0.15, 0.2) is 97.1 Å². The van der Waals surface area contributed by atoms with Gasteiger partial charge in [0.05, 0.1) is 39.3 Å². The molecule has 366 valence electrons. The van der Waals surface area contributed by atoms with Crippen molar-refractivity contribution in [2.75, 3.05) is 39.6 Å². The maximum absolute atomic E-state index is 13.7. The lowest BCUT2D eigenvalue weighted by molar-refractivity contribution is -0.164. The first-order valence-electron chi connectivity index (χ1n) is 21.8. The molecule has 0 spiro atoms. The van der Waals surface area contributed by atoms with E-state index in [0.717, 1.165) is 11.1 Å². The van der Waals surface area contributed by atoms with Gasteiger partial charge in [-0.05, 0) is 76.9 Å². The lowest BCUT2D eigenvalue weighted by atomic mass is 10.1. The second kappa shape index (κ2) is 26.2. The summed E-state index contributed by atoms with van der Waals surface area (Å²) in [6.45, 7) is 11.2. The van der Waals surface area contributed by atoms with Crippen LogP contribution in [0.5, 0.6) is 23.0 Å². The number of benzene rings is 4. The Kier molecular flexibility index (Phi) is 20.6. The van der Waals surface area contributed by atoms with Crippen LogP contribution in [-0.4, -0.2) is 109 Å². The third kappa shape index (κ3) is 20.6. The molecule has 0 aromatic heterocycles. The average molecular weight is 945 g/mol. The predicted molar refractivity (Wildman–Crippen MR) is 246 cm³/mol. The van der Waals surface area contributed by atoms with E-state index in [2.05, 4.69) is 10.6 Å². The maximum Gasteiger partial charge on any atom is 0.329 e. The van der Waals surface area contributed by atoms with E-state index in [-0.39, 0.29) is 81.2 Å². The van der Waals surface area contributed by atoms with Gasteiger partial charge in [0.25, 0.3) is 11.8 Å². The summed E-state index contributed by atoms with van der Waals surface area (Å²) in [7, 11) is 0. The number of carboxylic acid groups (broad SMARTS) is 2. The van der Waals surface area contributed by atoms with E-state index >= 15 is 0 Å². The Morgan fingerprint density at radius 3 is 1.29 bits per heavy atom. The fourth-order valence-electron chi connectivity index (χ4n) is 5.95. The molecule has 2 unspecified atom stereocenters. The van der Waals surface area contributed by atoms with Crippen LogP contribution in [0.4, 0.5) is 0 Å². The highest BCUT2D eigenvalue weighted by Crippen LogP contribution is 2.26. The van der Waals surface area contributed by atoms with E-state index in [0.29, 0.717) is 5.75 Å². The third-order valence-corrected chi connectivity index (χ3v) is 8.92. The van der Waals surface area contributed by atoms with Gasteiger partial charge in [0, 0.05) is 23.3 Å². The standard InChI is InChI=1S/C50H60N2O16/c1-49(2,3)67-44(55)30-42(48(60)68-50(4,5)6)52-46(57)36-24-38(28-40(26-36)66-32-34-15-11-8-12-16-34)64-22-20-62-18-17-61-19-21-63-37-23-35(45(56)51-41(47(58)59)29-43(53)54)25-39(27-37)65-31-33-13-9-7-10-14-33/h7-16,23-28,41-42H,17-22,29-32H2,1-6H3,(H,51,56)(H,52,57)(H,53,54)(H,58,59). The van der Waals surface area contributed by atoms with Crippen LogP contribution in [0.1, 0.15) is 86.2 Å². The van der Waals surface area contributed by atoms with E-state index in [4.69, 9.17) is 43.0 Å². The highest BCUT2D eigenvalue weighted by atomic mass is 16.6. The number of hydrogen-bond donors (Lipinski definition) is 4. The molecule has 0 radical (unpaired) electrons. The number of nitrogens with one attached hydrogen (secondary N) is 2. The molecular weight excluding hydrogens is 885 g/mol. The first kappa shape index (κ1) is 53.4. The van der Waals surface area contributed by atoms with Crippen molar-refractivity contribution in [3.05, 3.63) is 119 Å². The molecule has 0 bridgehead atoms. The van der Waals surface area contributed by atoms with Crippen molar-refractivity contribution in [1.29, 1.82) is 0 Å². The van der Waals surface area contributed by atoms with Gasteiger partial charge >= 0.3 is 23.9 Å². The molecule has 4 aromatic rings. The van der Waals surface area contributed by atoms with Gasteiger partial charge in [-0.1, -0.05) is 60.7 Å². The molecule has 4 N–H and O–H groups in total. The number of amides is 2. The lowest BCUT2D eigenvalue weighted by Crippen LogP contribution is -2.46. The predicted octanol–water partition coefficient (Wildman–Crippen LogP) is 6.17. The molecule has 2 atom stereocenters. The zero-order chi connectivity index (χ0) is 49.7. The van der Waals surface area contributed by atoms with E-state index in [1.165, 1.54) is 24.3 Å². The van der Waals surface area contributed by atoms with Crippen LogP contribution in [0.2, 0.25) is 0 Å². The van der Waals surface area contributed by atoms with Crippen LogP contribution in [0.25, 0.3) is 0 Å². The van der Waals surface area contributed by atoms with Gasteiger partial charge in [-0.15, -0.1) is 0 Å². The van der Waals surface area contributed by atoms with Crippen molar-refractivity contribution in [1.82, 2.24) is 10.6 Å². The third-order valence-electron chi connectivity index (χ3n) is 8.92. The van der Waals surface area contributed by atoms with Crippen molar-refractivity contribution in [2.24, 2.45) is 0 Å². The van der Waals surface area contributed by atoms with Gasteiger partial charge in [-0.25, -0.2) is 9.59 Å². The van der Waals surface area contributed by atoms with Crippen LogP contribution in [-0.2, 0) is 51.3 Å². The summed E-state index contributed by atoms with van der Waals surface area (Å²) < 4.78 is 45.9. The largest absolute Gasteiger partial charge is 0.491 e. The Bertz CT molecular complexity index is 2290. The fourth-order valence-corrected chi connectivity index (χ4v) is 5.95. The van der Waals surface area contributed by atoms with Crippen LogP contribution in [0, 0.1) is 0 Å². The second-order valence-electron chi connectivity index (χ2n) is 17.2. The molecule has 0 heterocycles. The molecule has 2 amide bonds. The molecule has 18 nitrogen and oxygen atoms in total.